The molecule has 0 amide bonds. The van der Waals surface area contributed by atoms with Crippen molar-refractivity contribution in [1.29, 1.82) is 0 Å². The molecule has 2 aromatic carbocycles. The number of ether oxygens (including phenoxy) is 1. The molecule has 0 radical (unpaired) electrons. The highest BCUT2D eigenvalue weighted by atomic mass is 16.5. The molecule has 5 heteroatoms. The topological polar surface area (TPSA) is 53.9 Å². The number of rotatable bonds is 4. The quantitative estimate of drug-likeness (QED) is 0.514. The van der Waals surface area contributed by atoms with Gasteiger partial charge in [-0.05, 0) is 11.1 Å². The predicted octanol–water partition coefficient (Wildman–Crippen LogP) is 3.03. The second-order valence-electron chi connectivity index (χ2n) is 6.67. The lowest BCUT2D eigenvalue weighted by Gasteiger charge is -2.34. The average molecular weight is 365 g/mol. The summed E-state index contributed by atoms with van der Waals surface area (Å²) in [5.41, 5.74) is 1.92. The number of aliphatic imine (C=N–C) groups is 1. The molecule has 0 atom stereocenters. The van der Waals surface area contributed by atoms with Crippen molar-refractivity contribution in [3.8, 4) is 0 Å². The molecule has 0 saturated carbocycles. The van der Waals surface area contributed by atoms with E-state index in [9.17, 15) is 4.79 Å². The number of hydrogen-bond donors (Lipinski definition) is 1. The Morgan fingerprint density at radius 1 is 1.04 bits per heavy atom. The monoisotopic (exact) mass is 365 g/mol. The molecule has 0 unspecified atom stereocenters. The molecule has 0 spiro atoms. The predicted molar refractivity (Wildman–Crippen MR) is 108 cm³/mol. The molecule has 1 aliphatic heterocycles. The lowest BCUT2D eigenvalue weighted by atomic mass is 9.91. The molecule has 0 bridgehead atoms. The summed E-state index contributed by atoms with van der Waals surface area (Å²) >= 11 is 0. The Kier molecular flexibility index (Phi) is 6.47. The fourth-order valence-electron chi connectivity index (χ4n) is 3.58. The fraction of sp³-hybridized carbons (Fsp3) is 0.364. The number of benzene rings is 2. The van der Waals surface area contributed by atoms with Crippen molar-refractivity contribution >= 4 is 11.9 Å². The molecular formula is C22H27N3O2. The van der Waals surface area contributed by atoms with Gasteiger partial charge < -0.3 is 15.0 Å². The van der Waals surface area contributed by atoms with Crippen LogP contribution < -0.4 is 5.32 Å². The SMILES string of the molecule is CN=C(NC)N1CCC(OC(=O)C(c2ccccc2)c2ccccc2)CC1. The molecule has 1 saturated heterocycles. The lowest BCUT2D eigenvalue weighted by Crippen LogP contribution is -2.46. The number of piperidine rings is 1. The Bertz CT molecular complexity index is 714. The summed E-state index contributed by atoms with van der Waals surface area (Å²) in [5, 5.41) is 3.11. The number of likely N-dealkylation sites (tertiary alicyclic amines) is 1. The van der Waals surface area contributed by atoms with E-state index >= 15 is 0 Å². The summed E-state index contributed by atoms with van der Waals surface area (Å²) in [6.07, 6.45) is 1.56. The molecule has 0 aromatic heterocycles. The molecule has 1 aliphatic rings. The van der Waals surface area contributed by atoms with Crippen LogP contribution in [0.2, 0.25) is 0 Å². The van der Waals surface area contributed by atoms with Gasteiger partial charge in [0.1, 0.15) is 12.0 Å². The van der Waals surface area contributed by atoms with Crippen molar-refractivity contribution in [3.05, 3.63) is 71.8 Å². The largest absolute Gasteiger partial charge is 0.462 e. The zero-order valence-electron chi connectivity index (χ0n) is 16.0. The van der Waals surface area contributed by atoms with Crippen molar-refractivity contribution in [1.82, 2.24) is 10.2 Å². The highest BCUT2D eigenvalue weighted by molar-refractivity contribution is 5.82. The van der Waals surface area contributed by atoms with Crippen LogP contribution in [0.4, 0.5) is 0 Å². The van der Waals surface area contributed by atoms with E-state index in [1.54, 1.807) is 7.05 Å². The number of carbonyl (C=O) groups is 1. The molecule has 1 heterocycles. The Morgan fingerprint density at radius 2 is 1.56 bits per heavy atom. The van der Waals surface area contributed by atoms with Gasteiger partial charge in [0.05, 0.1) is 0 Å². The van der Waals surface area contributed by atoms with E-state index in [0.29, 0.717) is 0 Å². The summed E-state index contributed by atoms with van der Waals surface area (Å²) < 4.78 is 5.93. The van der Waals surface area contributed by atoms with Crippen LogP contribution in [0, 0.1) is 0 Å². The highest BCUT2D eigenvalue weighted by Crippen LogP contribution is 2.27. The minimum atomic E-state index is -0.393. The molecule has 3 rings (SSSR count). The second-order valence-corrected chi connectivity index (χ2v) is 6.67. The minimum absolute atomic E-state index is 0.0568. The third-order valence-corrected chi connectivity index (χ3v) is 4.96. The van der Waals surface area contributed by atoms with Crippen LogP contribution in [0.3, 0.4) is 0 Å². The smallest absolute Gasteiger partial charge is 0.318 e. The summed E-state index contributed by atoms with van der Waals surface area (Å²) in [4.78, 5) is 19.5. The van der Waals surface area contributed by atoms with E-state index in [4.69, 9.17) is 4.74 Å². The molecular weight excluding hydrogens is 338 g/mol. The Labute approximate surface area is 161 Å². The van der Waals surface area contributed by atoms with E-state index in [1.165, 1.54) is 0 Å². The summed E-state index contributed by atoms with van der Waals surface area (Å²) in [6, 6.07) is 19.7. The summed E-state index contributed by atoms with van der Waals surface area (Å²) in [5.74, 6) is 0.311. The van der Waals surface area contributed by atoms with Gasteiger partial charge in [-0.2, -0.15) is 0 Å². The van der Waals surface area contributed by atoms with E-state index in [-0.39, 0.29) is 12.1 Å². The first kappa shape index (κ1) is 19.0. The van der Waals surface area contributed by atoms with Crippen molar-refractivity contribution in [2.75, 3.05) is 27.2 Å². The van der Waals surface area contributed by atoms with Crippen molar-refractivity contribution in [2.45, 2.75) is 24.9 Å². The van der Waals surface area contributed by atoms with Crippen LogP contribution in [0.15, 0.2) is 65.7 Å². The maximum absolute atomic E-state index is 13.1. The van der Waals surface area contributed by atoms with Crippen molar-refractivity contribution in [2.24, 2.45) is 4.99 Å². The number of hydrogen-bond acceptors (Lipinski definition) is 3. The Morgan fingerprint density at radius 3 is 2.00 bits per heavy atom. The third kappa shape index (κ3) is 4.67. The van der Waals surface area contributed by atoms with E-state index in [1.807, 2.05) is 67.7 Å². The first-order chi connectivity index (χ1) is 13.2. The number of nitrogens with zero attached hydrogens (tertiary/aromatic N) is 2. The second kappa shape index (κ2) is 9.21. The molecule has 5 nitrogen and oxygen atoms in total. The molecule has 2 aromatic rings. The number of carbonyl (C=O) groups excluding carboxylic acids is 1. The van der Waals surface area contributed by atoms with E-state index in [2.05, 4.69) is 15.2 Å². The van der Waals surface area contributed by atoms with Crippen LogP contribution in [0.1, 0.15) is 29.9 Å². The molecule has 0 aliphatic carbocycles. The zero-order valence-corrected chi connectivity index (χ0v) is 16.0. The third-order valence-electron chi connectivity index (χ3n) is 4.96. The van der Waals surface area contributed by atoms with E-state index in [0.717, 1.165) is 43.0 Å². The van der Waals surface area contributed by atoms with Crippen LogP contribution in [-0.4, -0.2) is 50.1 Å². The van der Waals surface area contributed by atoms with Gasteiger partial charge in [-0.3, -0.25) is 9.79 Å². The normalized spacial score (nSPS) is 15.7. The molecule has 1 fully saturated rings. The van der Waals surface area contributed by atoms with Crippen molar-refractivity contribution in [3.63, 3.8) is 0 Å². The standard InChI is InChI=1S/C22H27N3O2/c1-23-22(24-2)25-15-13-19(14-16-25)27-21(26)20(17-9-5-3-6-10-17)18-11-7-4-8-12-18/h3-12,19-20H,13-16H2,1-2H3,(H,23,24). The number of nitrogens with one attached hydrogen (secondary N) is 1. The lowest BCUT2D eigenvalue weighted by molar-refractivity contribution is -0.151. The maximum atomic E-state index is 13.1. The van der Waals surface area contributed by atoms with Crippen LogP contribution >= 0.6 is 0 Å². The maximum Gasteiger partial charge on any atom is 0.318 e. The van der Waals surface area contributed by atoms with E-state index < -0.39 is 5.92 Å². The minimum Gasteiger partial charge on any atom is -0.462 e. The Hall–Kier alpha value is -2.82. The number of esters is 1. The van der Waals surface area contributed by atoms with Gasteiger partial charge in [-0.15, -0.1) is 0 Å². The zero-order chi connectivity index (χ0) is 19.1. The highest BCUT2D eigenvalue weighted by Gasteiger charge is 2.29. The van der Waals surface area contributed by atoms with Gasteiger partial charge in [0.2, 0.25) is 0 Å². The van der Waals surface area contributed by atoms with Gasteiger partial charge in [-0.25, -0.2) is 0 Å². The fourth-order valence-corrected chi connectivity index (χ4v) is 3.58. The average Bonchev–Trinajstić information content (AvgIpc) is 2.72. The van der Waals surface area contributed by atoms with Gasteiger partial charge in [0.15, 0.2) is 5.96 Å². The van der Waals surface area contributed by atoms with Gasteiger partial charge in [0, 0.05) is 40.0 Å². The Balaban J connectivity index is 1.69. The van der Waals surface area contributed by atoms with Gasteiger partial charge in [-0.1, -0.05) is 60.7 Å². The molecule has 1 N–H and O–H groups in total. The van der Waals surface area contributed by atoms with Crippen LogP contribution in [0.5, 0.6) is 0 Å². The summed E-state index contributed by atoms with van der Waals surface area (Å²) in [6.45, 7) is 1.65. The molecule has 142 valence electrons. The summed E-state index contributed by atoms with van der Waals surface area (Å²) in [7, 11) is 3.65. The first-order valence-electron chi connectivity index (χ1n) is 9.42. The van der Waals surface area contributed by atoms with Gasteiger partial charge >= 0.3 is 5.97 Å². The van der Waals surface area contributed by atoms with Crippen molar-refractivity contribution < 1.29 is 9.53 Å². The number of guanidine groups is 1. The molecule has 27 heavy (non-hydrogen) atoms. The van der Waals surface area contributed by atoms with Crippen LogP contribution in [-0.2, 0) is 9.53 Å². The van der Waals surface area contributed by atoms with Gasteiger partial charge in [0.25, 0.3) is 0 Å². The first-order valence-corrected chi connectivity index (χ1v) is 9.42. The van der Waals surface area contributed by atoms with Crippen LogP contribution in [0.25, 0.3) is 0 Å².